The minimum Gasteiger partial charge on any atom is -0.294 e. The van der Waals surface area contributed by atoms with Crippen molar-refractivity contribution in [2.24, 2.45) is 5.84 Å². The number of fused-ring (bicyclic) bond motifs is 1. The van der Waals surface area contributed by atoms with Crippen LogP contribution in [0.15, 0.2) is 53.3 Å². The Bertz CT molecular complexity index is 842. The van der Waals surface area contributed by atoms with E-state index < -0.39 is 0 Å². The first-order valence-corrected chi connectivity index (χ1v) is 6.39. The molecule has 1 heterocycles. The van der Waals surface area contributed by atoms with Gasteiger partial charge in [0.15, 0.2) is 0 Å². The molecule has 3 N–H and O–H groups in total. The first kappa shape index (κ1) is 13.3. The minimum absolute atomic E-state index is 0.196. The zero-order chi connectivity index (χ0) is 14.8. The smallest absolute Gasteiger partial charge is 0.263 e. The number of nitrogens with two attached hydrogens (primary N) is 1. The summed E-state index contributed by atoms with van der Waals surface area (Å²) in [7, 11) is 0. The molecule has 6 heteroatoms. The van der Waals surface area contributed by atoms with Crippen molar-refractivity contribution in [2.75, 3.05) is 5.43 Å². The fraction of sp³-hybridized carbons (Fsp3) is 0.0667. The molecule has 5 nitrogen and oxygen atoms in total. The van der Waals surface area contributed by atoms with Gasteiger partial charge in [-0.1, -0.05) is 24.3 Å². The number of nitrogens with zero attached hydrogens (tertiary/aromatic N) is 2. The second-order valence-electron chi connectivity index (χ2n) is 4.61. The van der Waals surface area contributed by atoms with Crippen LogP contribution in [0.25, 0.3) is 10.9 Å². The summed E-state index contributed by atoms with van der Waals surface area (Å²) in [6, 6.07) is 13.0. The first-order chi connectivity index (χ1) is 10.2. The summed E-state index contributed by atoms with van der Waals surface area (Å²) in [6.45, 7) is 0.260. The second-order valence-corrected chi connectivity index (χ2v) is 4.61. The van der Waals surface area contributed by atoms with Gasteiger partial charge in [-0.2, -0.15) is 0 Å². The molecule has 3 aromatic rings. The first-order valence-electron chi connectivity index (χ1n) is 6.39. The summed E-state index contributed by atoms with van der Waals surface area (Å²) in [5.74, 6) is 5.40. The van der Waals surface area contributed by atoms with Gasteiger partial charge in [-0.3, -0.25) is 14.8 Å². The van der Waals surface area contributed by atoms with E-state index >= 15 is 0 Å². The van der Waals surface area contributed by atoms with Crippen molar-refractivity contribution in [1.29, 1.82) is 0 Å². The molecule has 2 aromatic carbocycles. The molecule has 0 spiro atoms. The maximum absolute atomic E-state index is 12.9. The summed E-state index contributed by atoms with van der Waals surface area (Å²) in [6.07, 6.45) is 0. The van der Waals surface area contributed by atoms with Gasteiger partial charge in [0.25, 0.3) is 5.56 Å². The average Bonchev–Trinajstić information content (AvgIpc) is 2.52. The van der Waals surface area contributed by atoms with E-state index in [2.05, 4.69) is 10.4 Å². The van der Waals surface area contributed by atoms with E-state index in [-0.39, 0.29) is 23.9 Å². The van der Waals surface area contributed by atoms with Crippen molar-refractivity contribution >= 4 is 16.9 Å². The van der Waals surface area contributed by atoms with Crippen LogP contribution in [-0.2, 0) is 6.54 Å². The average molecular weight is 284 g/mol. The summed E-state index contributed by atoms with van der Waals surface area (Å²) >= 11 is 0. The third kappa shape index (κ3) is 2.48. The number of benzene rings is 2. The SMILES string of the molecule is NNc1nc2ccccc2c(=O)n1Cc1ccc(F)cc1. The van der Waals surface area contributed by atoms with E-state index in [9.17, 15) is 9.18 Å². The lowest BCUT2D eigenvalue weighted by Gasteiger charge is -2.12. The Hall–Kier alpha value is -2.73. The molecule has 0 amide bonds. The molecule has 106 valence electrons. The van der Waals surface area contributed by atoms with Crippen molar-refractivity contribution in [3.05, 3.63) is 70.3 Å². The highest BCUT2D eigenvalue weighted by molar-refractivity contribution is 5.78. The van der Waals surface area contributed by atoms with Crippen LogP contribution in [0.4, 0.5) is 10.3 Å². The van der Waals surface area contributed by atoms with Crippen LogP contribution in [-0.4, -0.2) is 9.55 Å². The van der Waals surface area contributed by atoms with Gasteiger partial charge in [-0.25, -0.2) is 15.2 Å². The molecular weight excluding hydrogens is 271 g/mol. The number of hydrazine groups is 1. The summed E-state index contributed by atoms with van der Waals surface area (Å²) in [5.41, 5.74) is 3.60. The fourth-order valence-electron chi connectivity index (χ4n) is 2.20. The molecule has 0 atom stereocenters. The van der Waals surface area contributed by atoms with E-state index in [4.69, 9.17) is 5.84 Å². The molecule has 0 fully saturated rings. The highest BCUT2D eigenvalue weighted by Gasteiger charge is 2.10. The van der Waals surface area contributed by atoms with Gasteiger partial charge >= 0.3 is 0 Å². The Morgan fingerprint density at radius 3 is 2.57 bits per heavy atom. The maximum atomic E-state index is 12.9. The number of hydrogen-bond donors (Lipinski definition) is 2. The van der Waals surface area contributed by atoms with Crippen LogP contribution in [0, 0.1) is 5.82 Å². The molecule has 0 saturated carbocycles. The maximum Gasteiger partial charge on any atom is 0.263 e. The van der Waals surface area contributed by atoms with Crippen molar-refractivity contribution in [1.82, 2.24) is 9.55 Å². The molecule has 3 rings (SSSR count). The number of aromatic nitrogens is 2. The van der Waals surface area contributed by atoms with Gasteiger partial charge in [0.1, 0.15) is 5.82 Å². The van der Waals surface area contributed by atoms with Gasteiger partial charge in [-0.05, 0) is 29.8 Å². The van der Waals surface area contributed by atoms with Crippen molar-refractivity contribution in [3.8, 4) is 0 Å². The molecule has 0 saturated heterocycles. The fourth-order valence-corrected chi connectivity index (χ4v) is 2.20. The standard InChI is InChI=1S/C15H13FN4O/c16-11-7-5-10(6-8-11)9-20-14(21)12-3-1-2-4-13(12)18-15(20)19-17/h1-8H,9,17H2,(H,18,19). The van der Waals surface area contributed by atoms with Gasteiger partial charge in [0.05, 0.1) is 17.4 Å². The number of nitrogen functional groups attached to an aromatic ring is 1. The molecule has 0 unspecified atom stereocenters. The summed E-state index contributed by atoms with van der Waals surface area (Å²) in [4.78, 5) is 16.9. The van der Waals surface area contributed by atoms with Crippen LogP contribution in [0.1, 0.15) is 5.56 Å². The Balaban J connectivity index is 2.14. The van der Waals surface area contributed by atoms with Crippen molar-refractivity contribution in [2.45, 2.75) is 6.54 Å². The zero-order valence-electron chi connectivity index (χ0n) is 11.1. The number of anilines is 1. The van der Waals surface area contributed by atoms with Crippen LogP contribution >= 0.6 is 0 Å². The van der Waals surface area contributed by atoms with Crippen molar-refractivity contribution < 1.29 is 4.39 Å². The Morgan fingerprint density at radius 1 is 1.14 bits per heavy atom. The Labute approximate surface area is 119 Å². The molecule has 1 aromatic heterocycles. The quantitative estimate of drug-likeness (QED) is 0.569. The summed E-state index contributed by atoms with van der Waals surface area (Å²) < 4.78 is 14.4. The zero-order valence-corrected chi connectivity index (χ0v) is 11.1. The highest BCUT2D eigenvalue weighted by Crippen LogP contribution is 2.12. The number of halogens is 1. The van der Waals surface area contributed by atoms with Gasteiger partial charge in [0, 0.05) is 0 Å². The Kier molecular flexibility index (Phi) is 3.37. The van der Waals surface area contributed by atoms with Gasteiger partial charge < -0.3 is 0 Å². The lowest BCUT2D eigenvalue weighted by molar-refractivity contribution is 0.626. The van der Waals surface area contributed by atoms with Crippen LogP contribution < -0.4 is 16.8 Å². The topological polar surface area (TPSA) is 72.9 Å². The molecule has 0 aliphatic heterocycles. The number of rotatable bonds is 3. The second kappa shape index (κ2) is 5.34. The predicted molar refractivity (Wildman–Crippen MR) is 79.3 cm³/mol. The largest absolute Gasteiger partial charge is 0.294 e. The van der Waals surface area contributed by atoms with Gasteiger partial charge in [0.2, 0.25) is 5.95 Å². The number of nitrogens with one attached hydrogen (secondary N) is 1. The molecule has 0 bridgehead atoms. The minimum atomic E-state index is -0.320. The van der Waals surface area contributed by atoms with E-state index in [0.29, 0.717) is 10.9 Å². The van der Waals surface area contributed by atoms with E-state index in [1.54, 1.807) is 36.4 Å². The molecular formula is C15H13FN4O. The number of para-hydroxylation sites is 1. The van der Waals surface area contributed by atoms with Crippen molar-refractivity contribution in [3.63, 3.8) is 0 Å². The predicted octanol–water partition coefficient (Wildman–Crippen LogP) is 1.87. The van der Waals surface area contributed by atoms with Gasteiger partial charge in [-0.15, -0.1) is 0 Å². The van der Waals surface area contributed by atoms with Crippen LogP contribution in [0.5, 0.6) is 0 Å². The number of hydrogen-bond acceptors (Lipinski definition) is 4. The lowest BCUT2D eigenvalue weighted by Crippen LogP contribution is -2.27. The molecule has 0 radical (unpaired) electrons. The van der Waals surface area contributed by atoms with Crippen LogP contribution in [0.3, 0.4) is 0 Å². The van der Waals surface area contributed by atoms with E-state index in [0.717, 1.165) is 5.56 Å². The Morgan fingerprint density at radius 2 is 1.86 bits per heavy atom. The molecule has 21 heavy (non-hydrogen) atoms. The third-order valence-corrected chi connectivity index (χ3v) is 3.24. The highest BCUT2D eigenvalue weighted by atomic mass is 19.1. The molecule has 0 aliphatic carbocycles. The third-order valence-electron chi connectivity index (χ3n) is 3.24. The monoisotopic (exact) mass is 284 g/mol. The summed E-state index contributed by atoms with van der Waals surface area (Å²) in [5, 5.41) is 0.513. The van der Waals surface area contributed by atoms with Crippen LogP contribution in [0.2, 0.25) is 0 Å². The lowest BCUT2D eigenvalue weighted by atomic mass is 10.2. The van der Waals surface area contributed by atoms with E-state index in [1.807, 2.05) is 0 Å². The van der Waals surface area contributed by atoms with E-state index in [1.165, 1.54) is 16.7 Å². The normalized spacial score (nSPS) is 10.8. The molecule has 0 aliphatic rings.